The van der Waals surface area contributed by atoms with Crippen LogP contribution in [0, 0.1) is 13.8 Å². The van der Waals surface area contributed by atoms with Gasteiger partial charge in [-0.25, -0.2) is 0 Å². The van der Waals surface area contributed by atoms with Crippen LogP contribution in [0.5, 0.6) is 0 Å². The minimum atomic E-state index is -0.0844. The molecule has 31 heavy (non-hydrogen) atoms. The second kappa shape index (κ2) is 10.4. The van der Waals surface area contributed by atoms with Gasteiger partial charge in [0.05, 0.1) is 28.4 Å². The maximum absolute atomic E-state index is 12.9. The van der Waals surface area contributed by atoms with E-state index in [4.69, 9.17) is 11.6 Å². The van der Waals surface area contributed by atoms with E-state index < -0.39 is 0 Å². The minimum absolute atomic E-state index is 0.0842. The van der Waals surface area contributed by atoms with Gasteiger partial charge < -0.3 is 10.2 Å². The van der Waals surface area contributed by atoms with Gasteiger partial charge in [-0.3, -0.25) is 9.48 Å². The molecule has 0 aliphatic carbocycles. The van der Waals surface area contributed by atoms with Crippen molar-refractivity contribution in [1.29, 1.82) is 0 Å². The number of halogens is 2. The lowest BCUT2D eigenvalue weighted by Crippen LogP contribution is -2.31. The Bertz CT molecular complexity index is 1030. The van der Waals surface area contributed by atoms with Crippen molar-refractivity contribution in [3.05, 3.63) is 86.1 Å². The summed E-state index contributed by atoms with van der Waals surface area (Å²) in [4.78, 5) is 15.0. The fraction of sp³-hybridized carbons (Fsp3) is 0.333. The van der Waals surface area contributed by atoms with Crippen LogP contribution >= 0.6 is 27.5 Å². The number of nitrogens with one attached hydrogen (secondary N) is 1. The van der Waals surface area contributed by atoms with Gasteiger partial charge in [0.15, 0.2) is 0 Å². The van der Waals surface area contributed by atoms with Gasteiger partial charge in [0.25, 0.3) is 5.91 Å². The summed E-state index contributed by atoms with van der Waals surface area (Å²) in [6, 6.07) is 15.3. The molecular weight excluding hydrogens is 476 g/mol. The van der Waals surface area contributed by atoms with E-state index in [1.54, 1.807) is 0 Å². The Morgan fingerprint density at radius 3 is 2.32 bits per heavy atom. The molecule has 0 aliphatic rings. The number of benzene rings is 2. The Kier molecular flexibility index (Phi) is 7.92. The quantitative estimate of drug-likeness (QED) is 0.448. The first-order valence-corrected chi connectivity index (χ1v) is 11.4. The minimum Gasteiger partial charge on any atom is -0.345 e. The molecule has 0 bridgehead atoms. The topological polar surface area (TPSA) is 50.2 Å². The third-order valence-corrected chi connectivity index (χ3v) is 6.68. The number of aryl methyl sites for hydroxylation is 1. The van der Waals surface area contributed by atoms with Gasteiger partial charge in [-0.15, -0.1) is 0 Å². The molecule has 1 N–H and O–H groups in total. The van der Waals surface area contributed by atoms with Crippen LogP contribution in [0.25, 0.3) is 0 Å². The fourth-order valence-electron chi connectivity index (χ4n) is 3.41. The van der Waals surface area contributed by atoms with E-state index in [9.17, 15) is 4.79 Å². The van der Waals surface area contributed by atoms with Crippen molar-refractivity contribution >= 4 is 33.4 Å². The van der Waals surface area contributed by atoms with Crippen LogP contribution < -0.4 is 5.32 Å². The number of amides is 1. The van der Waals surface area contributed by atoms with Crippen LogP contribution in [0.4, 0.5) is 0 Å². The summed E-state index contributed by atoms with van der Waals surface area (Å²) in [6.45, 7) is 5.55. The van der Waals surface area contributed by atoms with E-state index in [0.29, 0.717) is 17.1 Å². The van der Waals surface area contributed by atoms with Gasteiger partial charge in [-0.1, -0.05) is 35.9 Å². The zero-order chi connectivity index (χ0) is 22.5. The molecule has 3 rings (SSSR count). The molecule has 3 aromatic rings. The number of carbonyl (C=O) groups is 1. The van der Waals surface area contributed by atoms with Crippen LogP contribution in [0.3, 0.4) is 0 Å². The second-order valence-corrected chi connectivity index (χ2v) is 9.24. The summed E-state index contributed by atoms with van der Waals surface area (Å²) in [5.74, 6) is -0.0842. The Hall–Kier alpha value is -2.15. The number of hydrogen-bond donors (Lipinski definition) is 1. The van der Waals surface area contributed by atoms with Gasteiger partial charge >= 0.3 is 0 Å². The second-order valence-electron chi connectivity index (χ2n) is 8.01. The standard InChI is InChI=1S/C24H28BrClN4O/c1-16-23(25)17(2)30(28-16)15-18-5-7-20(8-6-18)24(31)27-22(13-14-29(3)4)19-9-11-21(26)12-10-19/h5-12,22H,13-15H2,1-4H3,(H,27,31). The molecule has 1 aromatic heterocycles. The number of hydrogen-bond acceptors (Lipinski definition) is 3. The maximum atomic E-state index is 12.9. The average Bonchev–Trinajstić information content (AvgIpc) is 2.98. The van der Waals surface area contributed by atoms with E-state index in [1.165, 1.54) is 0 Å². The molecule has 1 atom stereocenters. The average molecular weight is 504 g/mol. The van der Waals surface area contributed by atoms with Gasteiger partial charge in [0.1, 0.15) is 0 Å². The molecule has 0 radical (unpaired) electrons. The van der Waals surface area contributed by atoms with Gasteiger partial charge in [-0.2, -0.15) is 5.10 Å². The number of nitrogens with zero attached hydrogens (tertiary/aromatic N) is 3. The third kappa shape index (κ3) is 6.19. The highest BCUT2D eigenvalue weighted by Crippen LogP contribution is 2.22. The van der Waals surface area contributed by atoms with Crippen LogP contribution in [0.15, 0.2) is 53.0 Å². The van der Waals surface area contributed by atoms with E-state index >= 15 is 0 Å². The lowest BCUT2D eigenvalue weighted by atomic mass is 10.0. The molecule has 1 heterocycles. The smallest absolute Gasteiger partial charge is 0.251 e. The Labute approximate surface area is 197 Å². The molecule has 2 aromatic carbocycles. The maximum Gasteiger partial charge on any atom is 0.251 e. The van der Waals surface area contributed by atoms with Crippen molar-refractivity contribution in [2.24, 2.45) is 0 Å². The van der Waals surface area contributed by atoms with Crippen molar-refractivity contribution in [3.63, 3.8) is 0 Å². The monoisotopic (exact) mass is 502 g/mol. The van der Waals surface area contributed by atoms with Gasteiger partial charge in [0, 0.05) is 10.6 Å². The Balaban J connectivity index is 1.71. The number of rotatable bonds is 8. The summed E-state index contributed by atoms with van der Waals surface area (Å²) >= 11 is 9.60. The lowest BCUT2D eigenvalue weighted by Gasteiger charge is -2.21. The summed E-state index contributed by atoms with van der Waals surface area (Å²) in [6.07, 6.45) is 0.811. The van der Waals surface area contributed by atoms with Crippen LogP contribution in [-0.4, -0.2) is 41.2 Å². The highest BCUT2D eigenvalue weighted by Gasteiger charge is 2.16. The van der Waals surface area contributed by atoms with Crippen molar-refractivity contribution in [2.75, 3.05) is 20.6 Å². The lowest BCUT2D eigenvalue weighted by molar-refractivity contribution is 0.0932. The first-order valence-electron chi connectivity index (χ1n) is 10.2. The van der Waals surface area contributed by atoms with Crippen molar-refractivity contribution in [2.45, 2.75) is 32.9 Å². The molecule has 164 valence electrons. The van der Waals surface area contributed by atoms with E-state index in [0.717, 1.165) is 40.0 Å². The molecule has 1 unspecified atom stereocenters. The predicted molar refractivity (Wildman–Crippen MR) is 130 cm³/mol. The highest BCUT2D eigenvalue weighted by atomic mass is 79.9. The Morgan fingerprint density at radius 2 is 1.77 bits per heavy atom. The van der Waals surface area contributed by atoms with E-state index in [1.807, 2.05) is 81.2 Å². The van der Waals surface area contributed by atoms with Gasteiger partial charge in [-0.05, 0) is 92.2 Å². The zero-order valence-electron chi connectivity index (χ0n) is 18.3. The van der Waals surface area contributed by atoms with Gasteiger partial charge in [0.2, 0.25) is 0 Å². The summed E-state index contributed by atoms with van der Waals surface area (Å²) in [5, 5.41) is 8.42. The number of aromatic nitrogens is 2. The normalized spacial score (nSPS) is 12.2. The first-order chi connectivity index (χ1) is 14.7. The predicted octanol–water partition coefficient (Wildman–Crippen LogP) is 5.39. The summed E-state index contributed by atoms with van der Waals surface area (Å²) in [5.41, 5.74) is 4.84. The highest BCUT2D eigenvalue weighted by molar-refractivity contribution is 9.10. The van der Waals surface area contributed by atoms with E-state index in [2.05, 4.69) is 31.2 Å². The molecule has 1 amide bonds. The summed E-state index contributed by atoms with van der Waals surface area (Å²) in [7, 11) is 4.06. The molecule has 0 fully saturated rings. The molecule has 0 saturated heterocycles. The van der Waals surface area contributed by atoms with Crippen LogP contribution in [0.2, 0.25) is 5.02 Å². The molecule has 0 saturated carbocycles. The first kappa shape index (κ1) is 23.5. The summed E-state index contributed by atoms with van der Waals surface area (Å²) < 4.78 is 3.00. The molecular formula is C24H28BrClN4O. The number of carbonyl (C=O) groups excluding carboxylic acids is 1. The SMILES string of the molecule is Cc1nn(Cc2ccc(C(=O)NC(CCN(C)C)c3ccc(Cl)cc3)cc2)c(C)c1Br. The van der Waals surface area contributed by atoms with Crippen molar-refractivity contribution in [3.8, 4) is 0 Å². The Morgan fingerprint density at radius 1 is 1.13 bits per heavy atom. The largest absolute Gasteiger partial charge is 0.345 e. The third-order valence-electron chi connectivity index (χ3n) is 5.28. The molecule has 0 aliphatic heterocycles. The van der Waals surface area contributed by atoms with Crippen molar-refractivity contribution < 1.29 is 4.79 Å². The van der Waals surface area contributed by atoms with Crippen molar-refractivity contribution in [1.82, 2.24) is 20.0 Å². The van der Waals surface area contributed by atoms with Crippen LogP contribution in [0.1, 0.15) is 45.3 Å². The molecule has 7 heteroatoms. The fourth-order valence-corrected chi connectivity index (χ4v) is 3.82. The molecule has 5 nitrogen and oxygen atoms in total. The van der Waals surface area contributed by atoms with Crippen LogP contribution in [-0.2, 0) is 6.54 Å². The molecule has 0 spiro atoms. The zero-order valence-corrected chi connectivity index (χ0v) is 20.7. The van der Waals surface area contributed by atoms with E-state index in [-0.39, 0.29) is 11.9 Å².